The molecule has 0 radical (unpaired) electrons. The highest BCUT2D eigenvalue weighted by molar-refractivity contribution is 7.17. The van der Waals surface area contributed by atoms with Gasteiger partial charge in [-0.3, -0.25) is 4.79 Å². The number of carbonyl (C=O) groups excluding carboxylic acids is 1. The summed E-state index contributed by atoms with van der Waals surface area (Å²) in [5, 5.41) is 16.9. The number of amides is 1. The van der Waals surface area contributed by atoms with Crippen molar-refractivity contribution < 1.29 is 4.79 Å². The Hall–Kier alpha value is -3.09. The summed E-state index contributed by atoms with van der Waals surface area (Å²) in [4.78, 5) is 26.0. The van der Waals surface area contributed by atoms with Crippen molar-refractivity contribution in [3.63, 3.8) is 0 Å². The number of anilines is 2. The fourth-order valence-corrected chi connectivity index (χ4v) is 4.34. The Morgan fingerprint density at radius 1 is 1.31 bits per heavy atom. The van der Waals surface area contributed by atoms with E-state index in [1.807, 2.05) is 0 Å². The summed E-state index contributed by atoms with van der Waals surface area (Å²) in [6.07, 6.45) is 5.99. The lowest BCUT2D eigenvalue weighted by Crippen LogP contribution is -2.42. The van der Waals surface area contributed by atoms with Crippen LogP contribution in [0.15, 0.2) is 23.7 Å². The van der Waals surface area contributed by atoms with Gasteiger partial charge in [-0.25, -0.2) is 15.0 Å². The molecule has 0 aliphatic heterocycles. The van der Waals surface area contributed by atoms with Gasteiger partial charge in [0.05, 0.1) is 33.2 Å². The second kappa shape index (κ2) is 8.11. The van der Waals surface area contributed by atoms with E-state index < -0.39 is 0 Å². The Morgan fingerprint density at radius 3 is 2.90 bits per heavy atom. The fourth-order valence-electron chi connectivity index (χ4n) is 3.50. The van der Waals surface area contributed by atoms with Crippen LogP contribution in [-0.2, 0) is 0 Å². The van der Waals surface area contributed by atoms with Crippen LogP contribution in [0.1, 0.15) is 47.3 Å². The van der Waals surface area contributed by atoms with Gasteiger partial charge in [-0.05, 0) is 31.9 Å². The molecule has 3 heterocycles. The van der Waals surface area contributed by atoms with Crippen LogP contribution < -0.4 is 16.4 Å². The average molecular weight is 408 g/mol. The Balaban J connectivity index is 1.56. The number of nitrogens with one attached hydrogen (secondary N) is 2. The van der Waals surface area contributed by atoms with Crippen molar-refractivity contribution in [2.45, 2.75) is 44.7 Å². The van der Waals surface area contributed by atoms with E-state index in [2.05, 4.69) is 31.7 Å². The molecule has 1 saturated carbocycles. The quantitative estimate of drug-likeness (QED) is 0.605. The molecule has 0 saturated heterocycles. The molecule has 4 N–H and O–H groups in total. The third kappa shape index (κ3) is 4.04. The van der Waals surface area contributed by atoms with E-state index in [1.165, 1.54) is 11.3 Å². The van der Waals surface area contributed by atoms with Crippen molar-refractivity contribution >= 4 is 39.2 Å². The van der Waals surface area contributed by atoms with Gasteiger partial charge >= 0.3 is 0 Å². The van der Waals surface area contributed by atoms with Crippen LogP contribution in [0.3, 0.4) is 0 Å². The summed E-state index contributed by atoms with van der Waals surface area (Å²) < 4.78 is 0.831. The molecular weight excluding hydrogens is 386 g/mol. The number of nitrogens with two attached hydrogens (primary N) is 1. The molecule has 0 aromatic carbocycles. The summed E-state index contributed by atoms with van der Waals surface area (Å²) in [5.41, 5.74) is 8.32. The predicted molar refractivity (Wildman–Crippen MR) is 113 cm³/mol. The number of carbonyl (C=O) groups is 1. The standard InChI is InChI=1S/C20H21N7OS/c1-11-12(8-21)6-7-17(24-11)26-19(28)13-10-29-16-9-23-20(27-18(13)16)25-15-5-3-2-4-14(15)22/h6-7,9-10,14-15H,2-5,22H2,1H3,(H,23,25,27)(H,24,26,28). The highest BCUT2D eigenvalue weighted by atomic mass is 32.1. The average Bonchev–Trinajstić information content (AvgIpc) is 3.13. The first kappa shape index (κ1) is 19.2. The monoisotopic (exact) mass is 407 g/mol. The molecule has 9 heteroatoms. The van der Waals surface area contributed by atoms with Gasteiger partial charge < -0.3 is 16.4 Å². The Bertz CT molecular complexity index is 1100. The first-order chi connectivity index (χ1) is 14.0. The van der Waals surface area contributed by atoms with Crippen molar-refractivity contribution in [3.8, 4) is 6.07 Å². The van der Waals surface area contributed by atoms with E-state index in [9.17, 15) is 4.79 Å². The Morgan fingerprint density at radius 2 is 2.14 bits per heavy atom. The van der Waals surface area contributed by atoms with Gasteiger partial charge in [-0.2, -0.15) is 5.26 Å². The van der Waals surface area contributed by atoms with E-state index in [0.29, 0.717) is 34.1 Å². The SMILES string of the molecule is Cc1nc(NC(=O)c2csc3cnc(NC4CCCCC4N)nc23)ccc1C#N. The molecule has 1 aliphatic carbocycles. The molecule has 3 aromatic heterocycles. The zero-order valence-electron chi connectivity index (χ0n) is 16.0. The summed E-state index contributed by atoms with van der Waals surface area (Å²) in [6.45, 7) is 1.73. The molecular formula is C20H21N7OS. The van der Waals surface area contributed by atoms with Gasteiger partial charge in [-0.1, -0.05) is 12.8 Å². The number of fused-ring (bicyclic) bond motifs is 1. The minimum absolute atomic E-state index is 0.0824. The Kier molecular flexibility index (Phi) is 5.38. The molecule has 2 atom stereocenters. The number of aryl methyl sites for hydroxylation is 1. The molecule has 1 aliphatic rings. The number of thiophene rings is 1. The van der Waals surface area contributed by atoms with E-state index in [4.69, 9.17) is 11.0 Å². The molecule has 1 fully saturated rings. The van der Waals surface area contributed by atoms with Gasteiger partial charge in [0, 0.05) is 17.5 Å². The highest BCUT2D eigenvalue weighted by Gasteiger charge is 2.23. The first-order valence-corrected chi connectivity index (χ1v) is 10.4. The molecule has 148 valence electrons. The smallest absolute Gasteiger partial charge is 0.259 e. The number of pyridine rings is 1. The third-order valence-electron chi connectivity index (χ3n) is 5.14. The lowest BCUT2D eigenvalue weighted by molar-refractivity contribution is 0.102. The molecule has 3 aromatic rings. The van der Waals surface area contributed by atoms with Crippen molar-refractivity contribution in [1.29, 1.82) is 5.26 Å². The van der Waals surface area contributed by atoms with E-state index in [0.717, 1.165) is 30.4 Å². The Labute approximate surface area is 172 Å². The zero-order valence-corrected chi connectivity index (χ0v) is 16.8. The van der Waals surface area contributed by atoms with Crippen LogP contribution in [0.5, 0.6) is 0 Å². The van der Waals surface area contributed by atoms with E-state index >= 15 is 0 Å². The van der Waals surface area contributed by atoms with Crippen LogP contribution in [-0.4, -0.2) is 32.9 Å². The normalized spacial score (nSPS) is 18.9. The molecule has 0 spiro atoms. The molecule has 2 unspecified atom stereocenters. The maximum Gasteiger partial charge on any atom is 0.259 e. The lowest BCUT2D eigenvalue weighted by Gasteiger charge is -2.29. The van der Waals surface area contributed by atoms with Crippen molar-refractivity contribution in [2.75, 3.05) is 10.6 Å². The van der Waals surface area contributed by atoms with E-state index in [-0.39, 0.29) is 18.0 Å². The molecule has 4 rings (SSSR count). The molecule has 29 heavy (non-hydrogen) atoms. The van der Waals surface area contributed by atoms with Gasteiger partial charge in [0.25, 0.3) is 5.91 Å². The third-order valence-corrected chi connectivity index (χ3v) is 6.05. The maximum atomic E-state index is 12.8. The largest absolute Gasteiger partial charge is 0.350 e. The number of nitriles is 1. The molecule has 8 nitrogen and oxygen atoms in total. The topological polar surface area (TPSA) is 130 Å². The number of aromatic nitrogens is 3. The van der Waals surface area contributed by atoms with Crippen LogP contribution in [0.4, 0.5) is 11.8 Å². The van der Waals surface area contributed by atoms with Crippen LogP contribution in [0.2, 0.25) is 0 Å². The number of hydrogen-bond acceptors (Lipinski definition) is 8. The second-order valence-corrected chi connectivity index (χ2v) is 8.06. The van der Waals surface area contributed by atoms with Crippen molar-refractivity contribution in [3.05, 3.63) is 40.5 Å². The maximum absolute atomic E-state index is 12.8. The first-order valence-electron chi connectivity index (χ1n) is 9.50. The minimum atomic E-state index is -0.299. The second-order valence-electron chi connectivity index (χ2n) is 7.15. The number of hydrogen-bond donors (Lipinski definition) is 3. The predicted octanol–water partition coefficient (Wildman–Crippen LogP) is 3.20. The number of rotatable bonds is 4. The van der Waals surface area contributed by atoms with Crippen LogP contribution in [0.25, 0.3) is 10.2 Å². The van der Waals surface area contributed by atoms with Crippen LogP contribution >= 0.6 is 11.3 Å². The lowest BCUT2D eigenvalue weighted by atomic mass is 9.91. The zero-order chi connectivity index (χ0) is 20.4. The van der Waals surface area contributed by atoms with Gasteiger partial charge in [0.1, 0.15) is 11.9 Å². The van der Waals surface area contributed by atoms with E-state index in [1.54, 1.807) is 30.6 Å². The summed E-state index contributed by atoms with van der Waals surface area (Å²) in [6, 6.07) is 5.54. The summed E-state index contributed by atoms with van der Waals surface area (Å²) >= 11 is 1.42. The fraction of sp³-hybridized carbons (Fsp3) is 0.350. The molecule has 1 amide bonds. The summed E-state index contributed by atoms with van der Waals surface area (Å²) in [5.74, 6) is 0.581. The van der Waals surface area contributed by atoms with Crippen LogP contribution in [0, 0.1) is 18.3 Å². The minimum Gasteiger partial charge on any atom is -0.350 e. The van der Waals surface area contributed by atoms with Gasteiger partial charge in [-0.15, -0.1) is 11.3 Å². The van der Waals surface area contributed by atoms with Gasteiger partial charge in [0.15, 0.2) is 0 Å². The highest BCUT2D eigenvalue weighted by Crippen LogP contribution is 2.26. The van der Waals surface area contributed by atoms with Crippen molar-refractivity contribution in [2.24, 2.45) is 5.73 Å². The molecule has 0 bridgehead atoms. The van der Waals surface area contributed by atoms with Gasteiger partial charge in [0.2, 0.25) is 5.95 Å². The van der Waals surface area contributed by atoms with Crippen molar-refractivity contribution in [1.82, 2.24) is 15.0 Å². The summed E-state index contributed by atoms with van der Waals surface area (Å²) in [7, 11) is 0. The number of nitrogens with zero attached hydrogens (tertiary/aromatic N) is 4.